The fraction of sp³-hybridized carbons (Fsp3) is 0.455. The Morgan fingerprint density at radius 2 is 2.31 bits per heavy atom. The number of nitriles is 1. The van der Waals surface area contributed by atoms with Gasteiger partial charge in [-0.2, -0.15) is 5.26 Å². The number of hydrogen-bond donors (Lipinski definition) is 0. The second kappa shape index (κ2) is 4.61. The van der Waals surface area contributed by atoms with Crippen molar-refractivity contribution in [2.45, 2.75) is 32.1 Å². The van der Waals surface area contributed by atoms with Gasteiger partial charge in [-0.15, -0.1) is 6.58 Å². The van der Waals surface area contributed by atoms with Gasteiger partial charge in [0.15, 0.2) is 5.78 Å². The summed E-state index contributed by atoms with van der Waals surface area (Å²) in [4.78, 5) is 11.3. The fourth-order valence-electron chi connectivity index (χ4n) is 1.58. The maximum atomic E-state index is 11.3. The molecule has 0 heterocycles. The predicted octanol–water partition coefficient (Wildman–Crippen LogP) is 2.53. The average molecular weight is 175 g/mol. The standard InChI is InChI=1S/C11H13NO/c1-2-3-5-9-6-4-7-11(13)10(9)8-12/h2H,1,3-7H2. The maximum absolute atomic E-state index is 11.3. The quantitative estimate of drug-likeness (QED) is 0.618. The molecule has 0 fully saturated rings. The first-order valence-corrected chi connectivity index (χ1v) is 4.55. The van der Waals surface area contributed by atoms with Gasteiger partial charge >= 0.3 is 0 Å². The van der Waals surface area contributed by atoms with E-state index in [1.807, 2.05) is 12.1 Å². The van der Waals surface area contributed by atoms with E-state index in [4.69, 9.17) is 5.26 Å². The van der Waals surface area contributed by atoms with Crippen LogP contribution in [0.25, 0.3) is 0 Å². The topological polar surface area (TPSA) is 40.9 Å². The zero-order valence-corrected chi connectivity index (χ0v) is 7.68. The van der Waals surface area contributed by atoms with Crippen LogP contribution in [0.2, 0.25) is 0 Å². The van der Waals surface area contributed by atoms with Crippen LogP contribution in [-0.4, -0.2) is 5.78 Å². The number of rotatable bonds is 3. The van der Waals surface area contributed by atoms with Crippen molar-refractivity contribution < 1.29 is 4.79 Å². The number of Topliss-reactive ketones (excluding diaryl/α,β-unsaturated/α-hetero) is 1. The van der Waals surface area contributed by atoms with E-state index < -0.39 is 0 Å². The van der Waals surface area contributed by atoms with Crippen molar-refractivity contribution >= 4 is 5.78 Å². The van der Waals surface area contributed by atoms with Gasteiger partial charge in [-0.3, -0.25) is 4.79 Å². The van der Waals surface area contributed by atoms with Gasteiger partial charge in [0.1, 0.15) is 6.07 Å². The Morgan fingerprint density at radius 1 is 1.54 bits per heavy atom. The SMILES string of the molecule is C=CCCC1=C(C#N)C(=O)CCC1. The van der Waals surface area contributed by atoms with Crippen LogP contribution in [0.15, 0.2) is 23.8 Å². The highest BCUT2D eigenvalue weighted by Crippen LogP contribution is 2.25. The Bertz CT molecular complexity index is 294. The van der Waals surface area contributed by atoms with Crippen molar-refractivity contribution in [3.05, 3.63) is 23.8 Å². The lowest BCUT2D eigenvalue weighted by atomic mass is 9.89. The Hall–Kier alpha value is -1.36. The number of hydrogen-bond acceptors (Lipinski definition) is 2. The second-order valence-electron chi connectivity index (χ2n) is 3.19. The lowest BCUT2D eigenvalue weighted by molar-refractivity contribution is -0.115. The summed E-state index contributed by atoms with van der Waals surface area (Å²) in [5, 5.41) is 8.78. The second-order valence-corrected chi connectivity index (χ2v) is 3.19. The van der Waals surface area contributed by atoms with Crippen LogP contribution >= 0.6 is 0 Å². The molecule has 1 rings (SSSR count). The van der Waals surface area contributed by atoms with Gasteiger partial charge in [0.2, 0.25) is 0 Å². The van der Waals surface area contributed by atoms with E-state index in [0.717, 1.165) is 31.3 Å². The molecule has 0 atom stereocenters. The largest absolute Gasteiger partial charge is 0.293 e. The van der Waals surface area contributed by atoms with E-state index in [-0.39, 0.29) is 5.78 Å². The van der Waals surface area contributed by atoms with Crippen molar-refractivity contribution in [2.24, 2.45) is 0 Å². The van der Waals surface area contributed by atoms with Crippen LogP contribution in [0.1, 0.15) is 32.1 Å². The molecule has 1 aliphatic rings. The summed E-state index contributed by atoms with van der Waals surface area (Å²) in [6.07, 6.45) is 5.84. The number of ketones is 1. The third-order valence-electron chi connectivity index (χ3n) is 2.28. The van der Waals surface area contributed by atoms with Gasteiger partial charge in [0, 0.05) is 6.42 Å². The molecular weight excluding hydrogens is 162 g/mol. The third-order valence-corrected chi connectivity index (χ3v) is 2.28. The summed E-state index contributed by atoms with van der Waals surface area (Å²) in [5.41, 5.74) is 1.44. The molecule has 0 aromatic carbocycles. The van der Waals surface area contributed by atoms with Gasteiger partial charge < -0.3 is 0 Å². The van der Waals surface area contributed by atoms with Gasteiger partial charge in [-0.1, -0.05) is 6.08 Å². The molecule has 0 aliphatic heterocycles. The molecule has 0 saturated carbocycles. The minimum absolute atomic E-state index is 0.0211. The molecule has 1 aliphatic carbocycles. The van der Waals surface area contributed by atoms with Crippen molar-refractivity contribution in [3.8, 4) is 6.07 Å². The molecule has 0 N–H and O–H groups in total. The molecule has 0 amide bonds. The van der Waals surface area contributed by atoms with Crippen molar-refractivity contribution in [1.82, 2.24) is 0 Å². The van der Waals surface area contributed by atoms with Crippen molar-refractivity contribution in [2.75, 3.05) is 0 Å². The van der Waals surface area contributed by atoms with E-state index in [0.29, 0.717) is 12.0 Å². The van der Waals surface area contributed by atoms with Gasteiger partial charge in [0.25, 0.3) is 0 Å². The van der Waals surface area contributed by atoms with Crippen LogP contribution in [0.5, 0.6) is 0 Å². The smallest absolute Gasteiger partial charge is 0.173 e. The van der Waals surface area contributed by atoms with Crippen molar-refractivity contribution in [1.29, 1.82) is 5.26 Å². The lowest BCUT2D eigenvalue weighted by Gasteiger charge is -2.13. The molecule has 0 unspecified atom stereocenters. The van der Waals surface area contributed by atoms with Crippen LogP contribution in [0, 0.1) is 11.3 Å². The summed E-state index contributed by atoms with van der Waals surface area (Å²) in [5.74, 6) is 0.0211. The summed E-state index contributed by atoms with van der Waals surface area (Å²) >= 11 is 0. The first-order valence-electron chi connectivity index (χ1n) is 4.55. The van der Waals surface area contributed by atoms with E-state index in [1.165, 1.54) is 0 Å². The van der Waals surface area contributed by atoms with Crippen LogP contribution < -0.4 is 0 Å². The predicted molar refractivity (Wildman–Crippen MR) is 50.9 cm³/mol. The summed E-state index contributed by atoms with van der Waals surface area (Å²) < 4.78 is 0. The number of carbonyl (C=O) groups excluding carboxylic acids is 1. The number of carbonyl (C=O) groups is 1. The highest BCUT2D eigenvalue weighted by molar-refractivity contribution is 6.00. The average Bonchev–Trinajstić information content (AvgIpc) is 2.15. The summed E-state index contributed by atoms with van der Waals surface area (Å²) in [6, 6.07) is 2.01. The molecule has 2 nitrogen and oxygen atoms in total. The highest BCUT2D eigenvalue weighted by Gasteiger charge is 2.19. The Morgan fingerprint density at radius 3 is 2.92 bits per heavy atom. The lowest BCUT2D eigenvalue weighted by Crippen LogP contribution is -2.10. The molecule has 0 saturated heterocycles. The summed E-state index contributed by atoms with van der Waals surface area (Å²) in [7, 11) is 0. The van der Waals surface area contributed by atoms with Gasteiger partial charge in [-0.05, 0) is 31.3 Å². The van der Waals surface area contributed by atoms with Gasteiger partial charge in [-0.25, -0.2) is 0 Å². The molecule has 0 spiro atoms. The molecule has 0 aromatic heterocycles. The molecule has 0 radical (unpaired) electrons. The van der Waals surface area contributed by atoms with E-state index in [2.05, 4.69) is 6.58 Å². The van der Waals surface area contributed by atoms with Crippen LogP contribution in [0.4, 0.5) is 0 Å². The third kappa shape index (κ3) is 2.29. The van der Waals surface area contributed by atoms with Crippen LogP contribution in [-0.2, 0) is 4.79 Å². The first kappa shape index (κ1) is 9.73. The Labute approximate surface area is 78.6 Å². The molecular formula is C11H13NO. The Balaban J connectivity index is 2.81. The normalized spacial score (nSPS) is 17.0. The minimum Gasteiger partial charge on any atom is -0.293 e. The maximum Gasteiger partial charge on any atom is 0.173 e. The van der Waals surface area contributed by atoms with Crippen molar-refractivity contribution in [3.63, 3.8) is 0 Å². The molecule has 13 heavy (non-hydrogen) atoms. The molecule has 0 bridgehead atoms. The van der Waals surface area contributed by atoms with E-state index in [9.17, 15) is 4.79 Å². The fourth-order valence-corrected chi connectivity index (χ4v) is 1.58. The summed E-state index contributed by atoms with van der Waals surface area (Å²) in [6.45, 7) is 3.62. The monoisotopic (exact) mass is 175 g/mol. The first-order chi connectivity index (χ1) is 6.29. The number of nitrogens with zero attached hydrogens (tertiary/aromatic N) is 1. The molecule has 68 valence electrons. The zero-order chi connectivity index (χ0) is 9.68. The van der Waals surface area contributed by atoms with E-state index >= 15 is 0 Å². The van der Waals surface area contributed by atoms with Gasteiger partial charge in [0.05, 0.1) is 5.57 Å². The number of allylic oxidation sites excluding steroid dienone is 3. The van der Waals surface area contributed by atoms with E-state index in [1.54, 1.807) is 0 Å². The van der Waals surface area contributed by atoms with Crippen LogP contribution in [0.3, 0.4) is 0 Å². The molecule has 2 heteroatoms. The molecule has 0 aromatic rings. The highest BCUT2D eigenvalue weighted by atomic mass is 16.1. The minimum atomic E-state index is 0.0211. The Kier molecular flexibility index (Phi) is 3.45. The zero-order valence-electron chi connectivity index (χ0n) is 7.68.